The molecule has 0 heterocycles. The van der Waals surface area contributed by atoms with E-state index in [0.29, 0.717) is 19.0 Å². The number of aliphatic hydroxyl groups is 1. The fourth-order valence-corrected chi connectivity index (χ4v) is 3.25. The van der Waals surface area contributed by atoms with E-state index < -0.39 is 0 Å². The van der Waals surface area contributed by atoms with Gasteiger partial charge in [0.15, 0.2) is 0 Å². The molecule has 1 aliphatic rings. The minimum absolute atomic E-state index is 0.0130. The maximum absolute atomic E-state index is 12.3. The molecular formula is C20H26N2O2. The number of carbonyl (C=O) groups is 1. The Hall–Kier alpha value is -1.91. The summed E-state index contributed by atoms with van der Waals surface area (Å²) in [5, 5.41) is 15.4. The molecule has 0 bridgehead atoms. The molecule has 1 saturated carbocycles. The van der Waals surface area contributed by atoms with Crippen molar-refractivity contribution in [3.63, 3.8) is 0 Å². The van der Waals surface area contributed by atoms with Crippen molar-refractivity contribution in [1.82, 2.24) is 10.2 Å². The highest BCUT2D eigenvalue weighted by Gasteiger charge is 2.30. The lowest BCUT2D eigenvalue weighted by molar-refractivity contribution is -0.122. The average molecular weight is 326 g/mol. The molecule has 128 valence electrons. The van der Waals surface area contributed by atoms with Gasteiger partial charge in [-0.25, -0.2) is 0 Å². The average Bonchev–Trinajstić information content (AvgIpc) is 3.38. The number of nitrogens with zero attached hydrogens (tertiary/aromatic N) is 1. The number of fused-ring (bicyclic) bond motifs is 1. The van der Waals surface area contributed by atoms with Crippen LogP contribution in [-0.4, -0.2) is 42.2 Å². The van der Waals surface area contributed by atoms with E-state index in [2.05, 4.69) is 29.6 Å². The Morgan fingerprint density at radius 3 is 2.71 bits per heavy atom. The summed E-state index contributed by atoms with van der Waals surface area (Å²) in [6, 6.07) is 14.3. The third-order valence-corrected chi connectivity index (χ3v) is 4.75. The highest BCUT2D eigenvalue weighted by molar-refractivity contribution is 5.87. The first-order valence-electron chi connectivity index (χ1n) is 8.68. The van der Waals surface area contributed by atoms with Gasteiger partial charge in [-0.15, -0.1) is 0 Å². The van der Waals surface area contributed by atoms with Gasteiger partial charge in [-0.2, -0.15) is 0 Å². The van der Waals surface area contributed by atoms with Gasteiger partial charge >= 0.3 is 0 Å². The Kier molecular flexibility index (Phi) is 5.17. The molecule has 24 heavy (non-hydrogen) atoms. The molecule has 0 aliphatic heterocycles. The summed E-state index contributed by atoms with van der Waals surface area (Å²) in [5.41, 5.74) is 1.13. The van der Waals surface area contributed by atoms with Crippen molar-refractivity contribution in [3.8, 4) is 0 Å². The van der Waals surface area contributed by atoms with Crippen molar-refractivity contribution in [2.45, 2.75) is 31.9 Å². The Labute approximate surface area is 143 Å². The number of rotatable bonds is 7. The van der Waals surface area contributed by atoms with Crippen LogP contribution in [0.25, 0.3) is 10.8 Å². The molecule has 2 unspecified atom stereocenters. The van der Waals surface area contributed by atoms with Gasteiger partial charge in [0.05, 0.1) is 18.7 Å². The number of aliphatic hydroxyl groups excluding tert-OH is 1. The third-order valence-electron chi connectivity index (χ3n) is 4.75. The third kappa shape index (κ3) is 4.13. The van der Waals surface area contributed by atoms with Crippen molar-refractivity contribution < 1.29 is 9.90 Å². The molecule has 0 aromatic heterocycles. The summed E-state index contributed by atoms with van der Waals surface area (Å²) >= 11 is 0. The monoisotopic (exact) mass is 326 g/mol. The highest BCUT2D eigenvalue weighted by Crippen LogP contribution is 2.32. The van der Waals surface area contributed by atoms with Gasteiger partial charge in [-0.3, -0.25) is 9.69 Å². The first-order valence-corrected chi connectivity index (χ1v) is 8.68. The lowest BCUT2D eigenvalue weighted by Crippen LogP contribution is -2.40. The van der Waals surface area contributed by atoms with Crippen LogP contribution < -0.4 is 5.32 Å². The smallest absolute Gasteiger partial charge is 0.234 e. The summed E-state index contributed by atoms with van der Waals surface area (Å²) < 4.78 is 0. The van der Waals surface area contributed by atoms with Gasteiger partial charge < -0.3 is 10.4 Å². The largest absolute Gasteiger partial charge is 0.392 e. The molecule has 1 aliphatic carbocycles. The van der Waals surface area contributed by atoms with E-state index in [9.17, 15) is 9.90 Å². The summed E-state index contributed by atoms with van der Waals surface area (Å²) in [6.45, 7) is 2.87. The van der Waals surface area contributed by atoms with Crippen LogP contribution in [0.4, 0.5) is 0 Å². The van der Waals surface area contributed by atoms with E-state index in [-0.39, 0.29) is 18.1 Å². The lowest BCUT2D eigenvalue weighted by Gasteiger charge is -2.22. The van der Waals surface area contributed by atoms with Gasteiger partial charge in [-0.1, -0.05) is 42.5 Å². The van der Waals surface area contributed by atoms with Crippen LogP contribution in [0, 0.1) is 5.92 Å². The van der Waals surface area contributed by atoms with Crippen LogP contribution in [0.5, 0.6) is 0 Å². The molecule has 0 spiro atoms. The second kappa shape index (κ2) is 7.32. The zero-order valence-corrected chi connectivity index (χ0v) is 14.4. The van der Waals surface area contributed by atoms with Crippen molar-refractivity contribution in [1.29, 1.82) is 0 Å². The number of hydrogen-bond donors (Lipinski definition) is 2. The maximum atomic E-state index is 12.3. The maximum Gasteiger partial charge on any atom is 0.234 e. The quantitative estimate of drug-likeness (QED) is 0.822. The normalized spacial score (nSPS) is 17.0. The van der Waals surface area contributed by atoms with E-state index in [1.807, 2.05) is 37.1 Å². The number of nitrogens with one attached hydrogen (secondary N) is 1. The van der Waals surface area contributed by atoms with Crippen LogP contribution in [0.1, 0.15) is 31.4 Å². The van der Waals surface area contributed by atoms with E-state index >= 15 is 0 Å². The van der Waals surface area contributed by atoms with Crippen molar-refractivity contribution in [2.75, 3.05) is 20.1 Å². The Balaban J connectivity index is 1.59. The van der Waals surface area contributed by atoms with Crippen molar-refractivity contribution >= 4 is 16.7 Å². The zero-order valence-electron chi connectivity index (χ0n) is 14.4. The molecule has 1 amide bonds. The number of likely N-dealkylation sites (N-methyl/N-ethyl adjacent to an activating group) is 1. The molecule has 2 aromatic carbocycles. The SMILES string of the molecule is CC(NC(=O)CN(C)CC(O)C1CC1)c1cccc2ccccc12. The van der Waals surface area contributed by atoms with Crippen molar-refractivity contribution in [2.24, 2.45) is 5.92 Å². The fraction of sp³-hybridized carbons (Fsp3) is 0.450. The van der Waals surface area contributed by atoms with Crippen molar-refractivity contribution in [3.05, 3.63) is 48.0 Å². The lowest BCUT2D eigenvalue weighted by atomic mass is 10.00. The van der Waals surface area contributed by atoms with Gasteiger partial charge in [0.25, 0.3) is 0 Å². The first-order chi connectivity index (χ1) is 11.5. The van der Waals surface area contributed by atoms with Crippen LogP contribution in [-0.2, 0) is 4.79 Å². The second-order valence-corrected chi connectivity index (χ2v) is 6.96. The predicted molar refractivity (Wildman–Crippen MR) is 96.7 cm³/mol. The summed E-state index contributed by atoms with van der Waals surface area (Å²) in [6.07, 6.45) is 1.91. The molecule has 0 saturated heterocycles. The molecule has 1 fully saturated rings. The molecule has 2 aromatic rings. The molecular weight excluding hydrogens is 300 g/mol. The highest BCUT2D eigenvalue weighted by atomic mass is 16.3. The topological polar surface area (TPSA) is 52.6 Å². The zero-order chi connectivity index (χ0) is 17.1. The van der Waals surface area contributed by atoms with Gasteiger partial charge in [-0.05, 0) is 49.1 Å². The number of hydrogen-bond acceptors (Lipinski definition) is 3. The Morgan fingerprint density at radius 2 is 1.96 bits per heavy atom. The summed E-state index contributed by atoms with van der Waals surface area (Å²) in [5.74, 6) is 0.422. The fourth-order valence-electron chi connectivity index (χ4n) is 3.25. The predicted octanol–water partition coefficient (Wildman–Crippen LogP) is 2.72. The molecule has 2 N–H and O–H groups in total. The van der Waals surface area contributed by atoms with E-state index in [1.165, 1.54) is 10.8 Å². The van der Waals surface area contributed by atoms with Gasteiger partial charge in [0.1, 0.15) is 0 Å². The molecule has 2 atom stereocenters. The van der Waals surface area contributed by atoms with Gasteiger partial charge in [0, 0.05) is 6.54 Å². The molecule has 4 heteroatoms. The second-order valence-electron chi connectivity index (χ2n) is 6.96. The van der Waals surface area contributed by atoms with E-state index in [0.717, 1.165) is 18.4 Å². The van der Waals surface area contributed by atoms with Gasteiger partial charge in [0.2, 0.25) is 5.91 Å². The van der Waals surface area contributed by atoms with Crippen LogP contribution in [0.15, 0.2) is 42.5 Å². The first kappa shape index (κ1) is 16.9. The standard InChI is InChI=1S/C20H26N2O2/c1-14(17-9-5-7-15-6-3-4-8-18(15)17)21-20(24)13-22(2)12-19(23)16-10-11-16/h3-9,14,16,19,23H,10-13H2,1-2H3,(H,21,24). The van der Waals surface area contributed by atoms with Crippen LogP contribution >= 0.6 is 0 Å². The molecule has 3 rings (SSSR count). The molecule has 4 nitrogen and oxygen atoms in total. The van der Waals surface area contributed by atoms with E-state index in [4.69, 9.17) is 0 Å². The summed E-state index contributed by atoms with van der Waals surface area (Å²) in [7, 11) is 1.88. The molecule has 0 radical (unpaired) electrons. The minimum atomic E-state index is -0.307. The number of amides is 1. The number of benzene rings is 2. The van der Waals surface area contributed by atoms with Crippen LogP contribution in [0.3, 0.4) is 0 Å². The number of carbonyl (C=O) groups excluding carboxylic acids is 1. The summed E-state index contributed by atoms with van der Waals surface area (Å²) in [4.78, 5) is 14.2. The Bertz CT molecular complexity index is 706. The van der Waals surface area contributed by atoms with Crippen LogP contribution in [0.2, 0.25) is 0 Å². The minimum Gasteiger partial charge on any atom is -0.392 e. The van der Waals surface area contributed by atoms with E-state index in [1.54, 1.807) is 0 Å². The Morgan fingerprint density at radius 1 is 1.25 bits per heavy atom.